The SMILES string of the molecule is Cn1ccnc1NC(=O)C1CCCC1. The van der Waals surface area contributed by atoms with Gasteiger partial charge in [-0.15, -0.1) is 0 Å². The molecule has 1 aliphatic carbocycles. The molecule has 0 aromatic carbocycles. The molecule has 0 atom stereocenters. The molecule has 0 saturated heterocycles. The van der Waals surface area contributed by atoms with E-state index in [1.54, 1.807) is 6.20 Å². The molecule has 14 heavy (non-hydrogen) atoms. The molecule has 1 saturated carbocycles. The molecule has 1 heterocycles. The maximum Gasteiger partial charge on any atom is 0.229 e. The summed E-state index contributed by atoms with van der Waals surface area (Å²) in [5, 5.41) is 2.85. The van der Waals surface area contributed by atoms with Crippen LogP contribution >= 0.6 is 0 Å². The summed E-state index contributed by atoms with van der Waals surface area (Å²) >= 11 is 0. The number of carbonyl (C=O) groups is 1. The first-order valence-corrected chi connectivity index (χ1v) is 5.05. The highest BCUT2D eigenvalue weighted by Gasteiger charge is 2.23. The number of nitrogens with zero attached hydrogens (tertiary/aromatic N) is 2. The lowest BCUT2D eigenvalue weighted by atomic mass is 10.1. The minimum Gasteiger partial charge on any atom is -0.320 e. The van der Waals surface area contributed by atoms with Crippen LogP contribution < -0.4 is 5.32 Å². The van der Waals surface area contributed by atoms with E-state index >= 15 is 0 Å². The van der Waals surface area contributed by atoms with Crippen molar-refractivity contribution in [1.82, 2.24) is 9.55 Å². The molecule has 1 amide bonds. The monoisotopic (exact) mass is 193 g/mol. The predicted molar refractivity (Wildman–Crippen MR) is 53.8 cm³/mol. The van der Waals surface area contributed by atoms with Crippen molar-refractivity contribution < 1.29 is 4.79 Å². The third-order valence-electron chi connectivity index (χ3n) is 2.78. The summed E-state index contributed by atoms with van der Waals surface area (Å²) in [6.07, 6.45) is 7.92. The average Bonchev–Trinajstić information content (AvgIpc) is 2.77. The van der Waals surface area contributed by atoms with Crippen LogP contribution in [0.15, 0.2) is 12.4 Å². The summed E-state index contributed by atoms with van der Waals surface area (Å²) in [5.41, 5.74) is 0. The zero-order valence-electron chi connectivity index (χ0n) is 8.36. The molecule has 76 valence electrons. The van der Waals surface area contributed by atoms with Crippen molar-refractivity contribution in [2.24, 2.45) is 13.0 Å². The highest BCUT2D eigenvalue weighted by Crippen LogP contribution is 2.25. The van der Waals surface area contributed by atoms with Crippen molar-refractivity contribution in [3.8, 4) is 0 Å². The van der Waals surface area contributed by atoms with Gasteiger partial charge in [0.15, 0.2) is 0 Å². The van der Waals surface area contributed by atoms with E-state index in [0.29, 0.717) is 5.95 Å². The van der Waals surface area contributed by atoms with Gasteiger partial charge in [0.2, 0.25) is 11.9 Å². The molecule has 0 bridgehead atoms. The minimum atomic E-state index is 0.122. The van der Waals surface area contributed by atoms with Crippen molar-refractivity contribution in [3.05, 3.63) is 12.4 Å². The molecule has 1 aromatic rings. The van der Waals surface area contributed by atoms with E-state index in [4.69, 9.17) is 0 Å². The summed E-state index contributed by atoms with van der Waals surface area (Å²) in [6, 6.07) is 0. The van der Waals surface area contributed by atoms with Gasteiger partial charge >= 0.3 is 0 Å². The molecular weight excluding hydrogens is 178 g/mol. The van der Waals surface area contributed by atoms with Crippen LogP contribution in [0.2, 0.25) is 0 Å². The Kier molecular flexibility index (Phi) is 2.52. The van der Waals surface area contributed by atoms with Crippen molar-refractivity contribution in [3.63, 3.8) is 0 Å². The Morgan fingerprint density at radius 3 is 2.86 bits per heavy atom. The highest BCUT2D eigenvalue weighted by molar-refractivity contribution is 5.91. The Hall–Kier alpha value is -1.32. The summed E-state index contributed by atoms with van der Waals surface area (Å²) in [4.78, 5) is 15.8. The van der Waals surface area contributed by atoms with Crippen LogP contribution in [-0.2, 0) is 11.8 Å². The maximum absolute atomic E-state index is 11.7. The van der Waals surface area contributed by atoms with Crippen LogP contribution in [0.1, 0.15) is 25.7 Å². The van der Waals surface area contributed by atoms with Crippen LogP contribution in [0.4, 0.5) is 5.95 Å². The van der Waals surface area contributed by atoms with E-state index in [-0.39, 0.29) is 11.8 Å². The number of amides is 1. The Morgan fingerprint density at radius 2 is 2.29 bits per heavy atom. The van der Waals surface area contributed by atoms with Gasteiger partial charge in [-0.1, -0.05) is 12.8 Å². The zero-order chi connectivity index (χ0) is 9.97. The molecule has 2 rings (SSSR count). The number of aryl methyl sites for hydroxylation is 1. The van der Waals surface area contributed by atoms with Gasteiger partial charge in [0.05, 0.1) is 0 Å². The number of nitrogens with one attached hydrogen (secondary N) is 1. The molecule has 1 N–H and O–H groups in total. The summed E-state index contributed by atoms with van der Waals surface area (Å²) in [5.74, 6) is 0.963. The number of anilines is 1. The number of aromatic nitrogens is 2. The number of carbonyl (C=O) groups excluding carboxylic acids is 1. The van der Waals surface area contributed by atoms with Gasteiger partial charge in [-0.3, -0.25) is 10.1 Å². The van der Waals surface area contributed by atoms with Crippen molar-refractivity contribution >= 4 is 11.9 Å². The summed E-state index contributed by atoms with van der Waals surface area (Å²) < 4.78 is 1.81. The normalized spacial score (nSPS) is 17.2. The summed E-state index contributed by atoms with van der Waals surface area (Å²) in [7, 11) is 1.87. The number of hydrogen-bond acceptors (Lipinski definition) is 2. The number of hydrogen-bond donors (Lipinski definition) is 1. The van der Waals surface area contributed by atoms with Crippen LogP contribution in [0.3, 0.4) is 0 Å². The molecular formula is C10H15N3O. The van der Waals surface area contributed by atoms with Gasteiger partial charge in [-0.2, -0.15) is 0 Å². The molecule has 0 unspecified atom stereocenters. The summed E-state index contributed by atoms with van der Waals surface area (Å²) in [6.45, 7) is 0. The van der Waals surface area contributed by atoms with Gasteiger partial charge in [0.1, 0.15) is 0 Å². The third-order valence-corrected chi connectivity index (χ3v) is 2.78. The maximum atomic E-state index is 11.7. The predicted octanol–water partition coefficient (Wildman–Crippen LogP) is 1.55. The molecule has 4 heteroatoms. The second-order valence-corrected chi connectivity index (χ2v) is 3.83. The lowest BCUT2D eigenvalue weighted by Gasteiger charge is -2.09. The second kappa shape index (κ2) is 3.82. The lowest BCUT2D eigenvalue weighted by molar-refractivity contribution is -0.119. The molecule has 0 aliphatic heterocycles. The fraction of sp³-hybridized carbons (Fsp3) is 0.600. The highest BCUT2D eigenvalue weighted by atomic mass is 16.2. The van der Waals surface area contributed by atoms with Crippen LogP contribution in [0.25, 0.3) is 0 Å². The van der Waals surface area contributed by atoms with Crippen molar-refractivity contribution in [2.45, 2.75) is 25.7 Å². The number of rotatable bonds is 2. The molecule has 4 nitrogen and oxygen atoms in total. The quantitative estimate of drug-likeness (QED) is 0.774. The van der Waals surface area contributed by atoms with Gasteiger partial charge < -0.3 is 4.57 Å². The lowest BCUT2D eigenvalue weighted by Crippen LogP contribution is -2.22. The third kappa shape index (κ3) is 1.78. The van der Waals surface area contributed by atoms with E-state index < -0.39 is 0 Å². The van der Waals surface area contributed by atoms with Crippen molar-refractivity contribution in [2.75, 3.05) is 5.32 Å². The Labute approximate surface area is 83.3 Å². The van der Waals surface area contributed by atoms with Gasteiger partial charge in [-0.05, 0) is 12.8 Å². The smallest absolute Gasteiger partial charge is 0.229 e. The first kappa shape index (κ1) is 9.24. The van der Waals surface area contributed by atoms with Crippen LogP contribution in [0.5, 0.6) is 0 Å². The van der Waals surface area contributed by atoms with Crippen LogP contribution in [-0.4, -0.2) is 15.5 Å². The zero-order valence-corrected chi connectivity index (χ0v) is 8.36. The second-order valence-electron chi connectivity index (χ2n) is 3.83. The van der Waals surface area contributed by atoms with Crippen molar-refractivity contribution in [1.29, 1.82) is 0 Å². The first-order valence-electron chi connectivity index (χ1n) is 5.05. The standard InChI is InChI=1S/C10H15N3O/c1-13-7-6-11-10(13)12-9(14)8-4-2-3-5-8/h6-8H,2-5H2,1H3,(H,11,12,14). The molecule has 1 aromatic heterocycles. The molecule has 0 radical (unpaired) electrons. The molecule has 0 spiro atoms. The van der Waals surface area contributed by atoms with E-state index in [0.717, 1.165) is 12.8 Å². The van der Waals surface area contributed by atoms with Crippen LogP contribution in [0, 0.1) is 5.92 Å². The molecule has 1 aliphatic rings. The van der Waals surface area contributed by atoms with E-state index in [9.17, 15) is 4.79 Å². The van der Waals surface area contributed by atoms with Gasteiger partial charge in [0, 0.05) is 25.4 Å². The van der Waals surface area contributed by atoms with E-state index in [1.165, 1.54) is 12.8 Å². The van der Waals surface area contributed by atoms with E-state index in [1.807, 2.05) is 17.8 Å². The Morgan fingerprint density at radius 1 is 1.57 bits per heavy atom. The topological polar surface area (TPSA) is 46.9 Å². The van der Waals surface area contributed by atoms with Gasteiger partial charge in [-0.25, -0.2) is 4.98 Å². The minimum absolute atomic E-state index is 0.122. The number of imidazole rings is 1. The van der Waals surface area contributed by atoms with E-state index in [2.05, 4.69) is 10.3 Å². The Bertz CT molecular complexity index is 326. The fourth-order valence-corrected chi connectivity index (χ4v) is 1.89. The first-order chi connectivity index (χ1) is 6.77. The van der Waals surface area contributed by atoms with Gasteiger partial charge in [0.25, 0.3) is 0 Å². The Balaban J connectivity index is 1.97. The fourth-order valence-electron chi connectivity index (χ4n) is 1.89. The largest absolute Gasteiger partial charge is 0.320 e. The average molecular weight is 193 g/mol. The molecule has 1 fully saturated rings.